The summed E-state index contributed by atoms with van der Waals surface area (Å²) in [7, 11) is 0. The van der Waals surface area contributed by atoms with E-state index in [1.165, 1.54) is 6.21 Å². The zero-order valence-electron chi connectivity index (χ0n) is 15.1. The van der Waals surface area contributed by atoms with Gasteiger partial charge in [-0.25, -0.2) is 5.43 Å². The van der Waals surface area contributed by atoms with Crippen molar-refractivity contribution in [1.82, 2.24) is 10.4 Å². The lowest BCUT2D eigenvalue weighted by Gasteiger charge is -2.09. The first-order chi connectivity index (χ1) is 13.6. The van der Waals surface area contributed by atoms with Crippen LogP contribution in [-0.4, -0.2) is 35.4 Å². The third-order valence-electron chi connectivity index (χ3n) is 3.72. The number of nitrogens with one attached hydrogen (secondary N) is 1. The van der Waals surface area contributed by atoms with Crippen LogP contribution in [0.25, 0.3) is 10.9 Å². The second-order valence-corrected chi connectivity index (χ2v) is 6.60. The van der Waals surface area contributed by atoms with E-state index in [9.17, 15) is 9.90 Å². The Morgan fingerprint density at radius 3 is 2.89 bits per heavy atom. The molecule has 0 saturated carbocycles. The van der Waals surface area contributed by atoms with Crippen molar-refractivity contribution in [1.29, 1.82) is 0 Å². The number of phenols is 1. The molecule has 2 aromatic carbocycles. The molecule has 0 spiro atoms. The summed E-state index contributed by atoms with van der Waals surface area (Å²) >= 11 is 3.34. The van der Waals surface area contributed by atoms with Crippen LogP contribution >= 0.6 is 15.9 Å². The first kappa shape index (κ1) is 19.6. The molecule has 1 aromatic heterocycles. The van der Waals surface area contributed by atoms with Crippen molar-refractivity contribution in [2.45, 2.75) is 6.92 Å². The molecule has 0 aliphatic heterocycles. The normalized spacial score (nSPS) is 10.9. The van der Waals surface area contributed by atoms with Crippen LogP contribution in [0.2, 0.25) is 0 Å². The number of hydrogen-bond acceptors (Lipinski definition) is 6. The number of nitrogens with zero attached hydrogens (tertiary/aromatic N) is 2. The van der Waals surface area contributed by atoms with Crippen molar-refractivity contribution in [2.75, 3.05) is 13.2 Å². The molecule has 8 heteroatoms. The van der Waals surface area contributed by atoms with Gasteiger partial charge in [-0.2, -0.15) is 5.10 Å². The largest absolute Gasteiger partial charge is 0.504 e. The molecular weight excluding hydrogens is 426 g/mol. The minimum absolute atomic E-state index is 0.0545. The molecule has 0 aliphatic rings. The fourth-order valence-corrected chi connectivity index (χ4v) is 2.95. The number of phenolic OH excluding ortho intramolecular Hbond substituents is 1. The monoisotopic (exact) mass is 443 g/mol. The molecule has 144 valence electrons. The van der Waals surface area contributed by atoms with Crippen molar-refractivity contribution in [3.05, 3.63) is 58.7 Å². The molecule has 0 aliphatic carbocycles. The van der Waals surface area contributed by atoms with Crippen molar-refractivity contribution >= 4 is 39.0 Å². The van der Waals surface area contributed by atoms with Crippen LogP contribution in [0, 0.1) is 0 Å². The van der Waals surface area contributed by atoms with Crippen LogP contribution in [0.5, 0.6) is 17.2 Å². The van der Waals surface area contributed by atoms with Crippen LogP contribution in [-0.2, 0) is 4.79 Å². The number of benzene rings is 2. The van der Waals surface area contributed by atoms with Gasteiger partial charge in [0.2, 0.25) is 0 Å². The number of hydrazone groups is 1. The predicted molar refractivity (Wildman–Crippen MR) is 110 cm³/mol. The highest BCUT2D eigenvalue weighted by Gasteiger charge is 2.09. The number of carbonyl (C=O) groups is 1. The third kappa shape index (κ3) is 4.77. The zero-order chi connectivity index (χ0) is 19.9. The summed E-state index contributed by atoms with van der Waals surface area (Å²) < 4.78 is 11.6. The van der Waals surface area contributed by atoms with Crippen molar-refractivity contribution < 1.29 is 19.4 Å². The number of para-hydroxylation sites is 1. The molecule has 0 saturated heterocycles. The van der Waals surface area contributed by atoms with E-state index in [1.54, 1.807) is 24.4 Å². The Balaban J connectivity index is 1.61. The molecule has 3 rings (SSSR count). The Morgan fingerprint density at radius 2 is 2.07 bits per heavy atom. The molecule has 28 heavy (non-hydrogen) atoms. The van der Waals surface area contributed by atoms with E-state index >= 15 is 0 Å². The highest BCUT2D eigenvalue weighted by Crippen LogP contribution is 2.32. The lowest BCUT2D eigenvalue weighted by molar-refractivity contribution is -0.123. The summed E-state index contributed by atoms with van der Waals surface area (Å²) in [4.78, 5) is 16.3. The second kappa shape index (κ2) is 9.18. The maximum Gasteiger partial charge on any atom is 0.277 e. The van der Waals surface area contributed by atoms with E-state index in [1.807, 2.05) is 31.2 Å². The number of carbonyl (C=O) groups excluding carboxylic acids is 1. The topological polar surface area (TPSA) is 93.0 Å². The Bertz CT molecular complexity index is 1020. The molecule has 0 bridgehead atoms. The Labute approximate surface area is 170 Å². The number of pyridine rings is 1. The van der Waals surface area contributed by atoms with Gasteiger partial charge < -0.3 is 14.6 Å². The summed E-state index contributed by atoms with van der Waals surface area (Å²) in [5, 5.41) is 15.0. The van der Waals surface area contributed by atoms with E-state index in [0.717, 1.165) is 5.39 Å². The lowest BCUT2D eigenvalue weighted by atomic mass is 10.2. The molecule has 0 unspecified atom stereocenters. The summed E-state index contributed by atoms with van der Waals surface area (Å²) in [6.45, 7) is 2.01. The average molecular weight is 444 g/mol. The highest BCUT2D eigenvalue weighted by molar-refractivity contribution is 9.10. The van der Waals surface area contributed by atoms with Gasteiger partial charge in [0.1, 0.15) is 11.3 Å². The van der Waals surface area contributed by atoms with Gasteiger partial charge in [-0.3, -0.25) is 9.78 Å². The van der Waals surface area contributed by atoms with Crippen molar-refractivity contribution in [3.63, 3.8) is 0 Å². The number of rotatable bonds is 7. The van der Waals surface area contributed by atoms with Crippen LogP contribution < -0.4 is 14.9 Å². The van der Waals surface area contributed by atoms with E-state index in [2.05, 4.69) is 31.4 Å². The third-order valence-corrected chi connectivity index (χ3v) is 4.17. The number of aromatic nitrogens is 1. The first-order valence-electron chi connectivity index (χ1n) is 8.52. The number of aromatic hydroxyl groups is 1. The van der Waals surface area contributed by atoms with Gasteiger partial charge in [0, 0.05) is 21.6 Å². The van der Waals surface area contributed by atoms with Gasteiger partial charge in [0.05, 0.1) is 12.8 Å². The van der Waals surface area contributed by atoms with Gasteiger partial charge in [0.25, 0.3) is 5.91 Å². The number of halogens is 1. The standard InChI is InChI=1S/C20H18BrN3O4/c1-2-27-17-10-15(21)9-14(20(17)26)11-23-24-18(25)12-28-16-7-3-5-13-6-4-8-22-19(13)16/h3-11,26H,2,12H2,1H3,(H,24,25)/b23-11+. The van der Waals surface area contributed by atoms with Gasteiger partial charge in [-0.1, -0.05) is 34.1 Å². The van der Waals surface area contributed by atoms with Gasteiger partial charge in [-0.05, 0) is 31.2 Å². The molecule has 3 aromatic rings. The van der Waals surface area contributed by atoms with E-state index in [4.69, 9.17) is 9.47 Å². The second-order valence-electron chi connectivity index (χ2n) is 5.69. The fourth-order valence-electron chi connectivity index (χ4n) is 2.50. The van der Waals surface area contributed by atoms with Gasteiger partial charge >= 0.3 is 0 Å². The first-order valence-corrected chi connectivity index (χ1v) is 9.31. The molecule has 0 fully saturated rings. The van der Waals surface area contributed by atoms with Crippen molar-refractivity contribution in [3.8, 4) is 17.2 Å². The smallest absolute Gasteiger partial charge is 0.277 e. The number of ether oxygens (including phenoxy) is 2. The quantitative estimate of drug-likeness (QED) is 0.429. The van der Waals surface area contributed by atoms with Crippen LogP contribution in [0.1, 0.15) is 12.5 Å². The van der Waals surface area contributed by atoms with E-state index in [0.29, 0.717) is 33.7 Å². The van der Waals surface area contributed by atoms with Crippen molar-refractivity contribution in [2.24, 2.45) is 5.10 Å². The Hall–Kier alpha value is -3.13. The Morgan fingerprint density at radius 1 is 1.25 bits per heavy atom. The SMILES string of the molecule is CCOc1cc(Br)cc(/C=N/NC(=O)COc2cccc3cccnc23)c1O. The number of amides is 1. The molecule has 1 amide bonds. The molecular formula is C20H18BrN3O4. The fraction of sp³-hybridized carbons (Fsp3) is 0.150. The maximum atomic E-state index is 12.0. The van der Waals surface area contributed by atoms with Crippen LogP contribution in [0.3, 0.4) is 0 Å². The molecule has 7 nitrogen and oxygen atoms in total. The summed E-state index contributed by atoms with van der Waals surface area (Å²) in [6.07, 6.45) is 3.00. The Kier molecular flexibility index (Phi) is 6.44. The summed E-state index contributed by atoms with van der Waals surface area (Å²) in [5.74, 6) is 0.351. The average Bonchev–Trinajstić information content (AvgIpc) is 2.70. The minimum atomic E-state index is -0.441. The predicted octanol–water partition coefficient (Wildman–Crippen LogP) is 3.63. The molecule has 2 N–H and O–H groups in total. The minimum Gasteiger partial charge on any atom is -0.504 e. The summed E-state index contributed by atoms with van der Waals surface area (Å²) in [6, 6.07) is 12.6. The highest BCUT2D eigenvalue weighted by atomic mass is 79.9. The lowest BCUT2D eigenvalue weighted by Crippen LogP contribution is -2.24. The molecule has 0 radical (unpaired) electrons. The molecule has 0 atom stereocenters. The maximum absolute atomic E-state index is 12.0. The zero-order valence-corrected chi connectivity index (χ0v) is 16.6. The van der Waals surface area contributed by atoms with E-state index in [-0.39, 0.29) is 12.4 Å². The number of fused-ring (bicyclic) bond motifs is 1. The van der Waals surface area contributed by atoms with Crippen LogP contribution in [0.15, 0.2) is 58.2 Å². The van der Waals surface area contributed by atoms with Gasteiger partial charge in [0.15, 0.2) is 18.1 Å². The van der Waals surface area contributed by atoms with Crippen LogP contribution in [0.4, 0.5) is 0 Å². The van der Waals surface area contributed by atoms with E-state index < -0.39 is 5.91 Å². The number of hydrogen-bond donors (Lipinski definition) is 2. The van der Waals surface area contributed by atoms with Gasteiger partial charge in [-0.15, -0.1) is 0 Å². The summed E-state index contributed by atoms with van der Waals surface area (Å²) in [5.41, 5.74) is 3.45. The molecule has 1 heterocycles.